The minimum Gasteiger partial charge on any atom is -0.484 e. The quantitative estimate of drug-likeness (QED) is 0.469. The number of hydrogen-bond donors (Lipinski definition) is 1. The third-order valence-electron chi connectivity index (χ3n) is 4.34. The van der Waals surface area contributed by atoms with Crippen LogP contribution in [0.3, 0.4) is 0 Å². The molecule has 0 spiro atoms. The van der Waals surface area contributed by atoms with Crippen LogP contribution in [-0.4, -0.2) is 27.2 Å². The zero-order chi connectivity index (χ0) is 23.3. The highest BCUT2D eigenvalue weighted by Gasteiger charge is 2.18. The van der Waals surface area contributed by atoms with Crippen LogP contribution in [0.15, 0.2) is 66.7 Å². The highest BCUT2D eigenvalue weighted by atomic mass is 35.5. The molecule has 0 fully saturated rings. The van der Waals surface area contributed by atoms with Crippen molar-refractivity contribution in [2.75, 3.05) is 22.5 Å². The monoisotopic (exact) mass is 496 g/mol. The van der Waals surface area contributed by atoms with Crippen molar-refractivity contribution in [1.29, 1.82) is 0 Å². The van der Waals surface area contributed by atoms with Gasteiger partial charge in [0.2, 0.25) is 10.0 Å². The first-order valence-electron chi connectivity index (χ1n) is 9.32. The Morgan fingerprint density at radius 1 is 1.03 bits per heavy atom. The van der Waals surface area contributed by atoms with Crippen LogP contribution in [0.2, 0.25) is 10.0 Å². The molecule has 0 heterocycles. The summed E-state index contributed by atoms with van der Waals surface area (Å²) in [6.45, 7) is -0.159. The van der Waals surface area contributed by atoms with Crippen molar-refractivity contribution in [3.8, 4) is 5.75 Å². The number of ether oxygens (including phenoxy) is 1. The fourth-order valence-corrected chi connectivity index (χ4v) is 3.98. The van der Waals surface area contributed by atoms with E-state index in [-0.39, 0.29) is 18.2 Å². The summed E-state index contributed by atoms with van der Waals surface area (Å²) in [5.74, 6) is -0.668. The van der Waals surface area contributed by atoms with E-state index in [0.29, 0.717) is 22.1 Å². The first kappa shape index (κ1) is 23.8. The summed E-state index contributed by atoms with van der Waals surface area (Å²) in [5, 5.41) is 3.01. The Morgan fingerprint density at radius 2 is 1.69 bits per heavy atom. The Hall–Kier alpha value is -2.81. The lowest BCUT2D eigenvalue weighted by atomic mass is 10.2. The number of hydrogen-bond acceptors (Lipinski definition) is 4. The van der Waals surface area contributed by atoms with Gasteiger partial charge in [0.15, 0.2) is 6.61 Å². The van der Waals surface area contributed by atoms with Crippen molar-refractivity contribution in [1.82, 2.24) is 0 Å². The van der Waals surface area contributed by atoms with E-state index in [1.807, 2.05) is 0 Å². The number of halogens is 3. The fourth-order valence-electron chi connectivity index (χ4n) is 2.78. The first-order valence-corrected chi connectivity index (χ1v) is 11.9. The standard InChI is InChI=1S/C22H19Cl2FN2O4S/c1-32(29,30)27(13-15-2-4-16(23)5-3-15)18-7-9-19(10-8-18)31-14-22(28)26-17-6-11-21(25)20(24)12-17/h2-12H,13-14H2,1H3,(H,26,28). The van der Waals surface area contributed by atoms with Crippen molar-refractivity contribution in [2.45, 2.75) is 6.54 Å². The lowest BCUT2D eigenvalue weighted by molar-refractivity contribution is -0.118. The van der Waals surface area contributed by atoms with Gasteiger partial charge in [0.05, 0.1) is 23.5 Å². The topological polar surface area (TPSA) is 75.7 Å². The van der Waals surface area contributed by atoms with Crippen LogP contribution in [0.5, 0.6) is 5.75 Å². The molecule has 3 aromatic rings. The molecule has 168 valence electrons. The summed E-state index contributed by atoms with van der Waals surface area (Å²) < 4.78 is 44.5. The molecule has 0 aliphatic rings. The molecule has 3 aromatic carbocycles. The van der Waals surface area contributed by atoms with Gasteiger partial charge in [0, 0.05) is 10.7 Å². The van der Waals surface area contributed by atoms with Crippen molar-refractivity contribution in [3.63, 3.8) is 0 Å². The van der Waals surface area contributed by atoms with Gasteiger partial charge in [-0.15, -0.1) is 0 Å². The molecule has 0 saturated carbocycles. The number of anilines is 2. The van der Waals surface area contributed by atoms with E-state index >= 15 is 0 Å². The maximum Gasteiger partial charge on any atom is 0.262 e. The maximum absolute atomic E-state index is 13.2. The number of benzene rings is 3. The summed E-state index contributed by atoms with van der Waals surface area (Å²) in [6, 6.07) is 17.0. The van der Waals surface area contributed by atoms with Crippen molar-refractivity contribution >= 4 is 50.5 Å². The van der Waals surface area contributed by atoms with E-state index in [1.165, 1.54) is 16.4 Å². The van der Waals surface area contributed by atoms with Gasteiger partial charge in [-0.3, -0.25) is 9.10 Å². The summed E-state index contributed by atoms with van der Waals surface area (Å²) >= 11 is 11.6. The van der Waals surface area contributed by atoms with Crippen LogP contribution in [-0.2, 0) is 21.4 Å². The summed E-state index contributed by atoms with van der Waals surface area (Å²) in [7, 11) is -3.55. The van der Waals surface area contributed by atoms with E-state index in [4.69, 9.17) is 27.9 Å². The molecule has 3 rings (SSSR count). The van der Waals surface area contributed by atoms with Crippen LogP contribution in [0.25, 0.3) is 0 Å². The van der Waals surface area contributed by atoms with Gasteiger partial charge >= 0.3 is 0 Å². The molecule has 0 aliphatic heterocycles. The van der Waals surface area contributed by atoms with Crippen LogP contribution in [0.1, 0.15) is 5.56 Å². The summed E-state index contributed by atoms with van der Waals surface area (Å²) in [4.78, 5) is 12.0. The van der Waals surface area contributed by atoms with Gasteiger partial charge in [-0.25, -0.2) is 12.8 Å². The Bertz CT molecular complexity index is 1200. The fraction of sp³-hybridized carbons (Fsp3) is 0.136. The number of nitrogens with one attached hydrogen (secondary N) is 1. The van der Waals surface area contributed by atoms with Gasteiger partial charge in [0.25, 0.3) is 5.91 Å². The van der Waals surface area contributed by atoms with Crippen LogP contribution in [0, 0.1) is 5.82 Å². The average Bonchev–Trinajstić information content (AvgIpc) is 2.74. The molecule has 0 radical (unpaired) electrons. The molecule has 6 nitrogen and oxygen atoms in total. The number of carbonyl (C=O) groups is 1. The third kappa shape index (κ3) is 6.59. The van der Waals surface area contributed by atoms with E-state index in [0.717, 1.165) is 17.9 Å². The smallest absolute Gasteiger partial charge is 0.262 e. The van der Waals surface area contributed by atoms with Crippen molar-refractivity contribution in [3.05, 3.63) is 88.2 Å². The largest absolute Gasteiger partial charge is 0.484 e. The predicted molar refractivity (Wildman–Crippen MR) is 124 cm³/mol. The molecule has 0 atom stereocenters. The second-order valence-corrected chi connectivity index (χ2v) is 9.61. The predicted octanol–water partition coefficient (Wildman–Crippen LogP) is 5.12. The number of rotatable bonds is 8. The molecule has 10 heteroatoms. The second kappa shape index (κ2) is 10.2. The van der Waals surface area contributed by atoms with Crippen molar-refractivity contribution < 1.29 is 22.3 Å². The average molecular weight is 497 g/mol. The van der Waals surface area contributed by atoms with Gasteiger partial charge in [-0.1, -0.05) is 35.3 Å². The van der Waals surface area contributed by atoms with E-state index in [9.17, 15) is 17.6 Å². The van der Waals surface area contributed by atoms with E-state index in [1.54, 1.807) is 48.5 Å². The van der Waals surface area contributed by atoms with Gasteiger partial charge < -0.3 is 10.1 Å². The van der Waals surface area contributed by atoms with Gasteiger partial charge in [-0.05, 0) is 60.2 Å². The Kier molecular flexibility index (Phi) is 7.60. The number of amides is 1. The Balaban J connectivity index is 1.63. The zero-order valence-electron chi connectivity index (χ0n) is 16.9. The second-order valence-electron chi connectivity index (χ2n) is 6.86. The van der Waals surface area contributed by atoms with E-state index in [2.05, 4.69) is 5.32 Å². The molecule has 0 aromatic heterocycles. The minimum absolute atomic E-state index is 0.103. The molecule has 1 N–H and O–H groups in total. The third-order valence-corrected chi connectivity index (χ3v) is 6.02. The highest BCUT2D eigenvalue weighted by Crippen LogP contribution is 2.24. The zero-order valence-corrected chi connectivity index (χ0v) is 19.2. The Morgan fingerprint density at radius 3 is 2.28 bits per heavy atom. The molecule has 1 amide bonds. The molecule has 32 heavy (non-hydrogen) atoms. The van der Waals surface area contributed by atoms with Crippen LogP contribution in [0.4, 0.5) is 15.8 Å². The van der Waals surface area contributed by atoms with Gasteiger partial charge in [-0.2, -0.15) is 0 Å². The minimum atomic E-state index is -3.55. The summed E-state index contributed by atoms with van der Waals surface area (Å²) in [5.41, 5.74) is 1.56. The van der Waals surface area contributed by atoms with Gasteiger partial charge in [0.1, 0.15) is 11.6 Å². The molecular weight excluding hydrogens is 478 g/mol. The number of carbonyl (C=O) groups excluding carboxylic acids is 1. The van der Waals surface area contributed by atoms with E-state index < -0.39 is 21.7 Å². The Labute approximate surface area is 195 Å². The molecule has 0 unspecified atom stereocenters. The van der Waals surface area contributed by atoms with Crippen LogP contribution < -0.4 is 14.4 Å². The molecular formula is C22H19Cl2FN2O4S. The summed E-state index contributed by atoms with van der Waals surface area (Å²) in [6.07, 6.45) is 1.12. The number of sulfonamides is 1. The van der Waals surface area contributed by atoms with Crippen LogP contribution >= 0.6 is 23.2 Å². The molecule has 0 aliphatic carbocycles. The van der Waals surface area contributed by atoms with Crippen molar-refractivity contribution in [2.24, 2.45) is 0 Å². The normalized spacial score (nSPS) is 11.1. The lowest BCUT2D eigenvalue weighted by Gasteiger charge is -2.23. The number of nitrogens with zero attached hydrogens (tertiary/aromatic N) is 1. The highest BCUT2D eigenvalue weighted by molar-refractivity contribution is 7.92. The molecule has 0 bridgehead atoms. The maximum atomic E-state index is 13.2. The lowest BCUT2D eigenvalue weighted by Crippen LogP contribution is -2.29. The SMILES string of the molecule is CS(=O)(=O)N(Cc1ccc(Cl)cc1)c1ccc(OCC(=O)Nc2ccc(F)c(Cl)c2)cc1. The molecule has 0 saturated heterocycles. The first-order chi connectivity index (χ1) is 15.1.